The third kappa shape index (κ3) is 4.91. The maximum Gasteiger partial charge on any atom is 0.408 e. The Bertz CT molecular complexity index is 1070. The van der Waals surface area contributed by atoms with Crippen LogP contribution in [0.25, 0.3) is 11.1 Å². The van der Waals surface area contributed by atoms with Crippen LogP contribution >= 0.6 is 0 Å². The van der Waals surface area contributed by atoms with Gasteiger partial charge in [-0.1, -0.05) is 60.7 Å². The summed E-state index contributed by atoms with van der Waals surface area (Å²) in [6, 6.07) is 23.1. The number of nitrogens with zero attached hydrogens (tertiary/aromatic N) is 2. The van der Waals surface area contributed by atoms with E-state index in [9.17, 15) is 4.79 Å². The Morgan fingerprint density at radius 2 is 1.60 bits per heavy atom. The predicted molar refractivity (Wildman–Crippen MR) is 114 cm³/mol. The molecule has 2 N–H and O–H groups in total. The first-order valence-corrected chi connectivity index (χ1v) is 9.75. The number of aromatic amines is 1. The van der Waals surface area contributed by atoms with Crippen LogP contribution in [0.5, 0.6) is 0 Å². The number of carbonyl (C=O) groups is 1. The quantitative estimate of drug-likeness (QED) is 0.474. The molecule has 0 aliphatic carbocycles. The zero-order chi connectivity index (χ0) is 20.6. The minimum absolute atomic E-state index is 0.211. The fourth-order valence-corrected chi connectivity index (χ4v) is 3.30. The van der Waals surface area contributed by atoms with E-state index >= 15 is 0 Å². The number of carbonyl (C=O) groups excluding carboxylic acids is 1. The summed E-state index contributed by atoms with van der Waals surface area (Å²) < 4.78 is 5.44. The molecular weight excluding hydrogens is 376 g/mol. The highest BCUT2D eigenvalue weighted by atomic mass is 16.5. The maximum atomic E-state index is 12.6. The lowest BCUT2D eigenvalue weighted by atomic mass is 9.98. The van der Waals surface area contributed by atoms with Gasteiger partial charge < -0.3 is 10.1 Å². The molecule has 2 heterocycles. The van der Waals surface area contributed by atoms with Gasteiger partial charge in [0.25, 0.3) is 0 Å². The number of benzene rings is 2. The number of rotatable bonds is 7. The van der Waals surface area contributed by atoms with Gasteiger partial charge in [-0.2, -0.15) is 5.10 Å². The van der Waals surface area contributed by atoms with Gasteiger partial charge in [0.2, 0.25) is 0 Å². The van der Waals surface area contributed by atoms with Gasteiger partial charge >= 0.3 is 6.09 Å². The lowest BCUT2D eigenvalue weighted by molar-refractivity contribution is 0.135. The first-order chi connectivity index (χ1) is 14.8. The second-order valence-corrected chi connectivity index (χ2v) is 6.87. The predicted octanol–water partition coefficient (Wildman–Crippen LogP) is 4.68. The van der Waals surface area contributed by atoms with E-state index in [1.165, 1.54) is 0 Å². The standard InChI is InChI=1S/C24H22N4O2/c29-24(30-17-19-9-5-2-6-10-19)27-22(15-18-7-3-1-4-8-18)23-21(16-26-28-23)20-11-13-25-14-12-20/h1-14,16,22H,15,17H2,(H,26,28)(H,27,29)/t22-/m0/s1. The van der Waals surface area contributed by atoms with Crippen molar-refractivity contribution in [2.45, 2.75) is 19.1 Å². The van der Waals surface area contributed by atoms with Gasteiger partial charge in [0.1, 0.15) is 6.61 Å². The Morgan fingerprint density at radius 3 is 2.30 bits per heavy atom. The van der Waals surface area contributed by atoms with Gasteiger partial charge in [-0.25, -0.2) is 4.79 Å². The van der Waals surface area contributed by atoms with Gasteiger partial charge in [0.05, 0.1) is 11.7 Å². The van der Waals surface area contributed by atoms with E-state index in [1.54, 1.807) is 12.4 Å². The molecule has 0 fully saturated rings. The average Bonchev–Trinajstić information content (AvgIpc) is 3.29. The molecule has 0 bridgehead atoms. The summed E-state index contributed by atoms with van der Waals surface area (Å²) >= 11 is 0. The molecule has 0 saturated heterocycles. The Kier molecular flexibility index (Phi) is 6.15. The van der Waals surface area contributed by atoms with E-state index in [4.69, 9.17) is 4.74 Å². The molecule has 0 radical (unpaired) electrons. The highest BCUT2D eigenvalue weighted by Gasteiger charge is 2.22. The zero-order valence-electron chi connectivity index (χ0n) is 16.4. The molecule has 0 aliphatic rings. The van der Waals surface area contributed by atoms with Crippen LogP contribution in [0.4, 0.5) is 4.79 Å². The lowest BCUT2D eigenvalue weighted by Crippen LogP contribution is -2.31. The molecule has 6 heteroatoms. The molecule has 0 unspecified atom stereocenters. The van der Waals surface area contributed by atoms with Crippen molar-refractivity contribution in [3.8, 4) is 11.1 Å². The molecule has 0 saturated carbocycles. The summed E-state index contributed by atoms with van der Waals surface area (Å²) in [6.45, 7) is 0.211. The van der Waals surface area contributed by atoms with Crippen LogP contribution in [-0.4, -0.2) is 21.3 Å². The number of hydrogen-bond donors (Lipinski definition) is 2. The van der Waals surface area contributed by atoms with Gasteiger partial charge in [-0.3, -0.25) is 10.1 Å². The maximum absolute atomic E-state index is 12.6. The molecular formula is C24H22N4O2. The van der Waals surface area contributed by atoms with Crippen molar-refractivity contribution in [3.05, 3.63) is 108 Å². The minimum atomic E-state index is -0.483. The third-order valence-electron chi connectivity index (χ3n) is 4.78. The zero-order valence-corrected chi connectivity index (χ0v) is 16.4. The van der Waals surface area contributed by atoms with Gasteiger partial charge in [0.15, 0.2) is 0 Å². The smallest absolute Gasteiger partial charge is 0.408 e. The number of aromatic nitrogens is 3. The third-order valence-corrected chi connectivity index (χ3v) is 4.78. The van der Waals surface area contributed by atoms with Crippen molar-refractivity contribution < 1.29 is 9.53 Å². The first-order valence-electron chi connectivity index (χ1n) is 9.75. The minimum Gasteiger partial charge on any atom is -0.445 e. The molecule has 1 amide bonds. The van der Waals surface area contributed by atoms with Crippen LogP contribution in [0.2, 0.25) is 0 Å². The topological polar surface area (TPSA) is 79.9 Å². The van der Waals surface area contributed by atoms with Crippen molar-refractivity contribution in [2.75, 3.05) is 0 Å². The average molecular weight is 398 g/mol. The van der Waals surface area contributed by atoms with E-state index in [0.29, 0.717) is 6.42 Å². The summed E-state index contributed by atoms with van der Waals surface area (Å²) in [6.07, 6.45) is 5.41. The summed E-state index contributed by atoms with van der Waals surface area (Å²) in [4.78, 5) is 16.7. The van der Waals surface area contributed by atoms with E-state index in [0.717, 1.165) is 27.9 Å². The van der Waals surface area contributed by atoms with Crippen LogP contribution in [0, 0.1) is 0 Å². The van der Waals surface area contributed by atoms with Crippen LogP contribution in [0.15, 0.2) is 91.4 Å². The Morgan fingerprint density at radius 1 is 0.933 bits per heavy atom. The molecule has 2 aromatic heterocycles. The molecule has 0 aliphatic heterocycles. The van der Waals surface area contributed by atoms with Crippen molar-refractivity contribution in [2.24, 2.45) is 0 Å². The van der Waals surface area contributed by atoms with Crippen LogP contribution < -0.4 is 5.32 Å². The summed E-state index contributed by atoms with van der Waals surface area (Å²) in [5, 5.41) is 10.4. The van der Waals surface area contributed by atoms with E-state index in [-0.39, 0.29) is 12.6 Å². The fraction of sp³-hybridized carbons (Fsp3) is 0.125. The van der Waals surface area contributed by atoms with E-state index in [2.05, 4.69) is 20.5 Å². The SMILES string of the molecule is O=C(N[C@@H](Cc1ccccc1)c1n[nH]cc1-c1ccncc1)OCc1ccccc1. The monoisotopic (exact) mass is 398 g/mol. The van der Waals surface area contributed by atoms with E-state index < -0.39 is 6.09 Å². The summed E-state index contributed by atoms with van der Waals surface area (Å²) in [5.41, 5.74) is 4.67. The Hall–Kier alpha value is -3.93. The molecule has 1 atom stereocenters. The Labute approximate surface area is 175 Å². The molecule has 30 heavy (non-hydrogen) atoms. The molecule has 4 aromatic rings. The summed E-state index contributed by atoms with van der Waals surface area (Å²) in [7, 11) is 0. The molecule has 150 valence electrons. The van der Waals surface area contributed by atoms with Gasteiger partial charge in [-0.15, -0.1) is 0 Å². The molecule has 4 rings (SSSR count). The van der Waals surface area contributed by atoms with Crippen molar-refractivity contribution in [1.82, 2.24) is 20.5 Å². The number of ether oxygens (including phenoxy) is 1. The summed E-state index contributed by atoms with van der Waals surface area (Å²) in [5.74, 6) is 0. The van der Waals surface area contributed by atoms with Crippen molar-refractivity contribution >= 4 is 6.09 Å². The van der Waals surface area contributed by atoms with E-state index in [1.807, 2.05) is 79.0 Å². The first kappa shape index (κ1) is 19.4. The number of alkyl carbamates (subject to hydrolysis) is 1. The highest BCUT2D eigenvalue weighted by molar-refractivity contribution is 5.70. The van der Waals surface area contributed by atoms with Crippen LogP contribution in [0.1, 0.15) is 22.9 Å². The van der Waals surface area contributed by atoms with Gasteiger partial charge in [0, 0.05) is 24.2 Å². The second kappa shape index (κ2) is 9.52. The number of nitrogens with one attached hydrogen (secondary N) is 2. The van der Waals surface area contributed by atoms with Crippen molar-refractivity contribution in [1.29, 1.82) is 0 Å². The number of pyridine rings is 1. The second-order valence-electron chi connectivity index (χ2n) is 6.87. The number of hydrogen-bond acceptors (Lipinski definition) is 4. The Balaban J connectivity index is 1.55. The van der Waals surface area contributed by atoms with Crippen LogP contribution in [0.3, 0.4) is 0 Å². The van der Waals surface area contributed by atoms with Gasteiger partial charge in [-0.05, 0) is 35.2 Å². The number of H-pyrrole nitrogens is 1. The number of amides is 1. The fourth-order valence-electron chi connectivity index (χ4n) is 3.30. The molecule has 2 aromatic carbocycles. The molecule has 0 spiro atoms. The van der Waals surface area contributed by atoms with Crippen LogP contribution in [-0.2, 0) is 17.8 Å². The molecule has 6 nitrogen and oxygen atoms in total. The highest BCUT2D eigenvalue weighted by Crippen LogP contribution is 2.28. The largest absolute Gasteiger partial charge is 0.445 e. The lowest BCUT2D eigenvalue weighted by Gasteiger charge is -2.19. The normalized spacial score (nSPS) is 11.6. The van der Waals surface area contributed by atoms with Crippen molar-refractivity contribution in [3.63, 3.8) is 0 Å².